The molecule has 0 bridgehead atoms. The van der Waals surface area contributed by atoms with Crippen LogP contribution in [0.3, 0.4) is 0 Å². The van der Waals surface area contributed by atoms with Gasteiger partial charge in [-0.3, -0.25) is 4.90 Å². The minimum absolute atomic E-state index is 0.0254. The van der Waals surface area contributed by atoms with Gasteiger partial charge in [-0.15, -0.1) is 0 Å². The third-order valence-electron chi connectivity index (χ3n) is 6.83. The van der Waals surface area contributed by atoms with Crippen molar-refractivity contribution in [3.8, 4) is 0 Å². The first-order valence-electron chi connectivity index (χ1n) is 10.5. The van der Waals surface area contributed by atoms with Crippen LogP contribution in [0.1, 0.15) is 64.1 Å². The highest BCUT2D eigenvalue weighted by Gasteiger charge is 2.43. The average molecular weight is 398 g/mol. The van der Waals surface area contributed by atoms with Gasteiger partial charge in [0.2, 0.25) is 5.95 Å². The Labute approximate surface area is 173 Å². The minimum Gasteiger partial charge on any atom is -0.365 e. The standard InChI is InChI=1S/C23H32FN5/c1-22(2)12-16(13-23(3,4)29(22)5)26-20-18(24)14-25-21(28-20)27-19-11-10-15-8-6-7-9-17(15)19/h6-9,14,16,19H,10-13H2,1-5H3,(H2,25,26,27,28)/t19-/m1/s1. The van der Waals surface area contributed by atoms with Gasteiger partial charge in [-0.05, 0) is 71.6 Å². The van der Waals surface area contributed by atoms with Crippen molar-refractivity contribution in [1.29, 1.82) is 0 Å². The Kier molecular flexibility index (Phi) is 5.01. The van der Waals surface area contributed by atoms with Crippen LogP contribution in [-0.4, -0.2) is 39.0 Å². The van der Waals surface area contributed by atoms with Gasteiger partial charge < -0.3 is 10.6 Å². The number of hydrogen-bond donors (Lipinski definition) is 2. The van der Waals surface area contributed by atoms with Crippen molar-refractivity contribution in [2.75, 3.05) is 17.7 Å². The summed E-state index contributed by atoms with van der Waals surface area (Å²) in [5, 5.41) is 6.78. The molecule has 0 saturated carbocycles. The van der Waals surface area contributed by atoms with Crippen molar-refractivity contribution in [2.45, 2.75) is 76.5 Å². The number of nitrogens with one attached hydrogen (secondary N) is 2. The highest BCUT2D eigenvalue weighted by molar-refractivity contribution is 5.45. The topological polar surface area (TPSA) is 53.1 Å². The largest absolute Gasteiger partial charge is 0.365 e. The van der Waals surface area contributed by atoms with Crippen molar-refractivity contribution >= 4 is 11.8 Å². The molecule has 0 unspecified atom stereocenters. The van der Waals surface area contributed by atoms with Crippen molar-refractivity contribution in [1.82, 2.24) is 14.9 Å². The lowest BCUT2D eigenvalue weighted by molar-refractivity contribution is -0.00778. The fourth-order valence-corrected chi connectivity index (χ4v) is 5.07. The number of hydrogen-bond acceptors (Lipinski definition) is 5. The molecular formula is C23H32FN5. The summed E-state index contributed by atoms with van der Waals surface area (Å²) < 4.78 is 14.5. The van der Waals surface area contributed by atoms with E-state index in [0.29, 0.717) is 5.95 Å². The zero-order valence-corrected chi connectivity index (χ0v) is 18.1. The molecule has 1 aliphatic heterocycles. The lowest BCUT2D eigenvalue weighted by Crippen LogP contribution is -2.61. The summed E-state index contributed by atoms with van der Waals surface area (Å²) in [4.78, 5) is 11.1. The molecule has 2 aliphatic rings. The predicted octanol–water partition coefficient (Wildman–Crippen LogP) is 4.78. The Hall–Kier alpha value is -2.21. The van der Waals surface area contributed by atoms with E-state index < -0.39 is 5.82 Å². The number of aryl methyl sites for hydroxylation is 1. The molecule has 1 aromatic carbocycles. The Morgan fingerprint density at radius 3 is 2.48 bits per heavy atom. The number of benzene rings is 1. The molecule has 156 valence electrons. The van der Waals surface area contributed by atoms with E-state index in [9.17, 15) is 4.39 Å². The minimum atomic E-state index is -0.406. The van der Waals surface area contributed by atoms with Gasteiger partial charge in [-0.25, -0.2) is 9.37 Å². The number of anilines is 2. The first-order chi connectivity index (χ1) is 13.7. The van der Waals surface area contributed by atoms with E-state index in [1.807, 2.05) is 0 Å². The molecule has 29 heavy (non-hydrogen) atoms. The van der Waals surface area contributed by atoms with Crippen LogP contribution in [0.25, 0.3) is 0 Å². The van der Waals surface area contributed by atoms with Gasteiger partial charge in [0.1, 0.15) is 0 Å². The first kappa shape index (κ1) is 20.1. The second-order valence-corrected chi connectivity index (χ2v) is 9.76. The second-order valence-electron chi connectivity index (χ2n) is 9.76. The van der Waals surface area contributed by atoms with Crippen LogP contribution in [0, 0.1) is 5.82 Å². The van der Waals surface area contributed by atoms with Crippen LogP contribution in [0.15, 0.2) is 30.5 Å². The van der Waals surface area contributed by atoms with Gasteiger partial charge in [0.15, 0.2) is 11.6 Å². The molecule has 4 rings (SSSR count). The van der Waals surface area contributed by atoms with Crippen LogP contribution >= 0.6 is 0 Å². The Morgan fingerprint density at radius 1 is 1.07 bits per heavy atom. The van der Waals surface area contributed by atoms with E-state index in [0.717, 1.165) is 25.7 Å². The zero-order valence-electron chi connectivity index (χ0n) is 18.1. The summed E-state index contributed by atoms with van der Waals surface area (Å²) in [6, 6.07) is 8.76. The molecule has 1 atom stereocenters. The molecule has 2 heterocycles. The van der Waals surface area contributed by atoms with Crippen LogP contribution in [0.2, 0.25) is 0 Å². The molecule has 2 N–H and O–H groups in total. The van der Waals surface area contributed by atoms with Crippen LogP contribution < -0.4 is 10.6 Å². The molecule has 0 spiro atoms. The van der Waals surface area contributed by atoms with E-state index >= 15 is 0 Å². The first-order valence-corrected chi connectivity index (χ1v) is 10.5. The number of fused-ring (bicyclic) bond motifs is 1. The summed E-state index contributed by atoms with van der Waals surface area (Å²) in [5.41, 5.74) is 2.70. The number of halogens is 1. The quantitative estimate of drug-likeness (QED) is 0.778. The Morgan fingerprint density at radius 2 is 1.76 bits per heavy atom. The van der Waals surface area contributed by atoms with Crippen molar-refractivity contribution in [2.24, 2.45) is 0 Å². The predicted molar refractivity (Wildman–Crippen MR) is 116 cm³/mol. The summed E-state index contributed by atoms with van der Waals surface area (Å²) in [6.45, 7) is 8.96. The molecule has 1 saturated heterocycles. The number of rotatable bonds is 4. The van der Waals surface area contributed by atoms with Crippen molar-refractivity contribution in [3.05, 3.63) is 47.4 Å². The van der Waals surface area contributed by atoms with Crippen LogP contribution in [0.5, 0.6) is 0 Å². The SMILES string of the molecule is CN1C(C)(C)CC(Nc2nc(N[C@@H]3CCc4ccccc43)ncc2F)CC1(C)C. The third kappa shape index (κ3) is 3.95. The fourth-order valence-electron chi connectivity index (χ4n) is 5.07. The molecule has 1 aliphatic carbocycles. The number of nitrogens with zero attached hydrogens (tertiary/aromatic N) is 3. The molecule has 0 radical (unpaired) electrons. The van der Waals surface area contributed by atoms with Crippen molar-refractivity contribution < 1.29 is 4.39 Å². The highest BCUT2D eigenvalue weighted by Crippen LogP contribution is 2.38. The van der Waals surface area contributed by atoms with Gasteiger partial charge in [0.25, 0.3) is 0 Å². The van der Waals surface area contributed by atoms with E-state index in [-0.39, 0.29) is 29.0 Å². The molecule has 1 aromatic heterocycles. The fraction of sp³-hybridized carbons (Fsp3) is 0.565. The summed E-state index contributed by atoms with van der Waals surface area (Å²) in [7, 11) is 2.17. The number of piperidine rings is 1. The molecule has 2 aromatic rings. The molecular weight excluding hydrogens is 365 g/mol. The van der Waals surface area contributed by atoms with Gasteiger partial charge >= 0.3 is 0 Å². The zero-order chi connectivity index (χ0) is 20.8. The second kappa shape index (κ2) is 7.24. The number of aromatic nitrogens is 2. The van der Waals surface area contributed by atoms with Gasteiger partial charge in [-0.2, -0.15) is 4.98 Å². The van der Waals surface area contributed by atoms with Crippen LogP contribution in [0.4, 0.5) is 16.2 Å². The summed E-state index contributed by atoms with van der Waals surface area (Å²) in [5.74, 6) is 0.355. The Bertz CT molecular complexity index is 877. The van der Waals surface area contributed by atoms with Gasteiger partial charge in [0, 0.05) is 17.1 Å². The molecule has 6 heteroatoms. The molecule has 5 nitrogen and oxygen atoms in total. The highest BCUT2D eigenvalue weighted by atomic mass is 19.1. The number of likely N-dealkylation sites (tertiary alicyclic amines) is 1. The average Bonchev–Trinajstić information content (AvgIpc) is 3.05. The maximum atomic E-state index is 14.5. The lowest BCUT2D eigenvalue weighted by Gasteiger charge is -2.53. The molecule has 0 amide bonds. The summed E-state index contributed by atoms with van der Waals surface area (Å²) >= 11 is 0. The monoisotopic (exact) mass is 397 g/mol. The maximum Gasteiger partial charge on any atom is 0.225 e. The van der Waals surface area contributed by atoms with Crippen molar-refractivity contribution in [3.63, 3.8) is 0 Å². The Balaban J connectivity index is 1.51. The van der Waals surface area contributed by atoms with Gasteiger partial charge in [-0.1, -0.05) is 24.3 Å². The normalized spacial score (nSPS) is 23.6. The third-order valence-corrected chi connectivity index (χ3v) is 6.83. The van der Waals surface area contributed by atoms with Crippen LogP contribution in [-0.2, 0) is 6.42 Å². The lowest BCUT2D eigenvalue weighted by atomic mass is 9.77. The van der Waals surface area contributed by atoms with E-state index in [1.165, 1.54) is 17.3 Å². The maximum absolute atomic E-state index is 14.5. The van der Waals surface area contributed by atoms with E-state index in [1.54, 1.807) is 0 Å². The molecule has 1 fully saturated rings. The van der Waals surface area contributed by atoms with Gasteiger partial charge in [0.05, 0.1) is 12.2 Å². The van der Waals surface area contributed by atoms with E-state index in [2.05, 4.69) is 84.5 Å². The van der Waals surface area contributed by atoms with E-state index in [4.69, 9.17) is 0 Å². The summed E-state index contributed by atoms with van der Waals surface area (Å²) in [6.07, 6.45) is 5.16. The smallest absolute Gasteiger partial charge is 0.225 e.